The third-order valence-corrected chi connectivity index (χ3v) is 5.38. The van der Waals surface area contributed by atoms with E-state index in [2.05, 4.69) is 0 Å². The van der Waals surface area contributed by atoms with E-state index in [9.17, 15) is 18.0 Å². The largest absolute Gasteiger partial charge is 0.478 e. The monoisotopic (exact) mass is 332 g/mol. The van der Waals surface area contributed by atoms with Gasteiger partial charge < -0.3 is 10.0 Å². The van der Waals surface area contributed by atoms with Crippen molar-refractivity contribution in [2.45, 2.75) is 4.90 Å². The number of aromatic carboxylic acids is 1. The van der Waals surface area contributed by atoms with E-state index in [1.165, 1.54) is 11.0 Å². The summed E-state index contributed by atoms with van der Waals surface area (Å²) in [6, 6.07) is 3.39. The second kappa shape index (κ2) is 5.63. The molecule has 0 radical (unpaired) electrons. The average molecular weight is 333 g/mol. The lowest BCUT2D eigenvalue weighted by molar-refractivity contribution is -0.132. The van der Waals surface area contributed by atoms with Crippen molar-refractivity contribution in [2.24, 2.45) is 0 Å². The number of benzene rings is 1. The number of sulfonamides is 1. The SMILES string of the molecule is CN1CCN(S(=O)(=O)c2ccc(C(=O)O)c(Cl)c2)CC1=O. The van der Waals surface area contributed by atoms with E-state index in [-0.39, 0.29) is 34.5 Å². The fourth-order valence-corrected chi connectivity index (χ4v) is 3.65. The second-order valence-corrected chi connectivity index (χ2v) is 6.95. The Morgan fingerprint density at radius 3 is 2.52 bits per heavy atom. The number of hydrogen-bond acceptors (Lipinski definition) is 4. The highest BCUT2D eigenvalue weighted by atomic mass is 35.5. The summed E-state index contributed by atoms with van der Waals surface area (Å²) >= 11 is 5.78. The number of likely N-dealkylation sites (N-methyl/N-ethyl adjacent to an activating group) is 1. The first-order valence-corrected chi connectivity index (χ1v) is 7.82. The van der Waals surface area contributed by atoms with Crippen molar-refractivity contribution >= 4 is 33.5 Å². The van der Waals surface area contributed by atoms with Crippen LogP contribution in [0.1, 0.15) is 10.4 Å². The van der Waals surface area contributed by atoms with Gasteiger partial charge in [0.15, 0.2) is 0 Å². The zero-order valence-electron chi connectivity index (χ0n) is 11.1. The minimum Gasteiger partial charge on any atom is -0.478 e. The summed E-state index contributed by atoms with van der Waals surface area (Å²) in [7, 11) is -2.27. The quantitative estimate of drug-likeness (QED) is 0.869. The third-order valence-electron chi connectivity index (χ3n) is 3.23. The zero-order valence-corrected chi connectivity index (χ0v) is 12.7. The highest BCUT2D eigenvalue weighted by Gasteiger charge is 2.31. The summed E-state index contributed by atoms with van der Waals surface area (Å²) < 4.78 is 25.9. The van der Waals surface area contributed by atoms with Gasteiger partial charge in [0.05, 0.1) is 22.0 Å². The zero-order chi connectivity index (χ0) is 15.8. The summed E-state index contributed by atoms with van der Waals surface area (Å²) in [5.41, 5.74) is -0.176. The Morgan fingerprint density at radius 2 is 2.00 bits per heavy atom. The number of carboxylic acid groups (broad SMARTS) is 1. The molecule has 1 heterocycles. The van der Waals surface area contributed by atoms with Crippen LogP contribution in [0.2, 0.25) is 5.02 Å². The number of hydrogen-bond donors (Lipinski definition) is 1. The predicted molar refractivity (Wildman–Crippen MR) is 74.8 cm³/mol. The fourth-order valence-electron chi connectivity index (χ4n) is 1.92. The van der Waals surface area contributed by atoms with Crippen LogP contribution in [0.3, 0.4) is 0 Å². The number of halogens is 1. The number of piperazine rings is 1. The molecule has 9 heteroatoms. The molecule has 0 aromatic heterocycles. The first kappa shape index (κ1) is 15.7. The molecule has 0 bridgehead atoms. The summed E-state index contributed by atoms with van der Waals surface area (Å²) in [6.45, 7) is 0.249. The van der Waals surface area contributed by atoms with Gasteiger partial charge in [-0.1, -0.05) is 11.6 Å². The lowest BCUT2D eigenvalue weighted by atomic mass is 10.2. The lowest BCUT2D eigenvalue weighted by Gasteiger charge is -2.31. The maximum Gasteiger partial charge on any atom is 0.337 e. The van der Waals surface area contributed by atoms with Gasteiger partial charge in [0.1, 0.15) is 0 Å². The van der Waals surface area contributed by atoms with Gasteiger partial charge in [-0.05, 0) is 18.2 Å². The van der Waals surface area contributed by atoms with Crippen LogP contribution in [0.5, 0.6) is 0 Å². The van der Waals surface area contributed by atoms with Crippen LogP contribution < -0.4 is 0 Å². The Hall–Kier alpha value is -1.64. The molecule has 0 aliphatic carbocycles. The molecular weight excluding hydrogens is 320 g/mol. The van der Waals surface area contributed by atoms with Crippen molar-refractivity contribution in [3.8, 4) is 0 Å². The number of rotatable bonds is 3. The number of carbonyl (C=O) groups is 2. The molecule has 1 saturated heterocycles. The van der Waals surface area contributed by atoms with Crippen molar-refractivity contribution < 1.29 is 23.1 Å². The third kappa shape index (κ3) is 3.02. The molecule has 1 aromatic rings. The smallest absolute Gasteiger partial charge is 0.337 e. The minimum atomic E-state index is -3.87. The van der Waals surface area contributed by atoms with E-state index in [1.807, 2.05) is 0 Å². The van der Waals surface area contributed by atoms with Gasteiger partial charge >= 0.3 is 5.97 Å². The van der Waals surface area contributed by atoms with Crippen LogP contribution in [0.15, 0.2) is 23.1 Å². The van der Waals surface area contributed by atoms with E-state index in [0.717, 1.165) is 16.4 Å². The number of nitrogens with zero attached hydrogens (tertiary/aromatic N) is 2. The van der Waals surface area contributed by atoms with Crippen LogP contribution in [0.4, 0.5) is 0 Å². The summed E-state index contributed by atoms with van der Waals surface area (Å²) in [5, 5.41) is 8.71. The molecular formula is C12H13ClN2O5S. The Kier molecular flexibility index (Phi) is 4.22. The second-order valence-electron chi connectivity index (χ2n) is 4.60. The summed E-state index contributed by atoms with van der Waals surface area (Å²) in [4.78, 5) is 23.8. The molecule has 1 aliphatic rings. The lowest BCUT2D eigenvalue weighted by Crippen LogP contribution is -2.50. The van der Waals surface area contributed by atoms with Gasteiger partial charge in [0.25, 0.3) is 0 Å². The Morgan fingerprint density at radius 1 is 1.33 bits per heavy atom. The molecule has 1 fully saturated rings. The molecule has 0 atom stereocenters. The van der Waals surface area contributed by atoms with Crippen LogP contribution in [0.25, 0.3) is 0 Å². The van der Waals surface area contributed by atoms with E-state index in [4.69, 9.17) is 16.7 Å². The number of carboxylic acids is 1. The highest BCUT2D eigenvalue weighted by Crippen LogP contribution is 2.24. The average Bonchev–Trinajstić information content (AvgIpc) is 2.41. The first-order valence-electron chi connectivity index (χ1n) is 6.00. The molecule has 1 aromatic carbocycles. The molecule has 2 rings (SSSR count). The molecule has 114 valence electrons. The topological polar surface area (TPSA) is 95.0 Å². The Balaban J connectivity index is 2.34. The van der Waals surface area contributed by atoms with Crippen LogP contribution in [-0.2, 0) is 14.8 Å². The predicted octanol–water partition coefficient (Wildman–Crippen LogP) is 0.501. The van der Waals surface area contributed by atoms with Crippen molar-refractivity contribution in [3.05, 3.63) is 28.8 Å². The number of amides is 1. The van der Waals surface area contributed by atoms with Crippen molar-refractivity contribution in [3.63, 3.8) is 0 Å². The van der Waals surface area contributed by atoms with E-state index >= 15 is 0 Å². The fraction of sp³-hybridized carbons (Fsp3) is 0.333. The Labute approximate surface area is 126 Å². The minimum absolute atomic E-state index is 0.130. The van der Waals surface area contributed by atoms with Crippen molar-refractivity contribution in [1.82, 2.24) is 9.21 Å². The van der Waals surface area contributed by atoms with Gasteiger partial charge in [0.2, 0.25) is 15.9 Å². The highest BCUT2D eigenvalue weighted by molar-refractivity contribution is 7.89. The van der Waals surface area contributed by atoms with Gasteiger partial charge in [0, 0.05) is 20.1 Å². The van der Waals surface area contributed by atoms with Gasteiger partial charge in [-0.25, -0.2) is 13.2 Å². The van der Waals surface area contributed by atoms with Gasteiger partial charge in [-0.15, -0.1) is 0 Å². The normalized spacial score (nSPS) is 17.0. The maximum absolute atomic E-state index is 12.4. The van der Waals surface area contributed by atoms with Gasteiger partial charge in [-0.2, -0.15) is 4.31 Å². The molecule has 1 amide bonds. The first-order chi connectivity index (χ1) is 9.73. The van der Waals surface area contributed by atoms with Crippen molar-refractivity contribution in [2.75, 3.05) is 26.7 Å². The van der Waals surface area contributed by atoms with E-state index < -0.39 is 16.0 Å². The Bertz CT molecular complexity index is 704. The van der Waals surface area contributed by atoms with Crippen LogP contribution >= 0.6 is 11.6 Å². The molecule has 7 nitrogen and oxygen atoms in total. The van der Waals surface area contributed by atoms with Crippen LogP contribution in [-0.4, -0.2) is 61.3 Å². The molecule has 1 N–H and O–H groups in total. The molecule has 0 saturated carbocycles. The summed E-state index contributed by atoms with van der Waals surface area (Å²) in [6.07, 6.45) is 0. The summed E-state index contributed by atoms with van der Waals surface area (Å²) in [5.74, 6) is -1.53. The van der Waals surface area contributed by atoms with E-state index in [0.29, 0.717) is 6.54 Å². The van der Waals surface area contributed by atoms with Gasteiger partial charge in [-0.3, -0.25) is 4.79 Å². The molecule has 0 spiro atoms. The van der Waals surface area contributed by atoms with Crippen molar-refractivity contribution in [1.29, 1.82) is 0 Å². The molecule has 1 aliphatic heterocycles. The molecule has 21 heavy (non-hydrogen) atoms. The number of carbonyl (C=O) groups excluding carboxylic acids is 1. The van der Waals surface area contributed by atoms with Crippen LogP contribution in [0, 0.1) is 0 Å². The maximum atomic E-state index is 12.4. The molecule has 0 unspecified atom stereocenters. The van der Waals surface area contributed by atoms with E-state index in [1.54, 1.807) is 7.05 Å². The standard InChI is InChI=1S/C12H13ClN2O5S/c1-14-4-5-15(7-11(14)16)21(19,20)8-2-3-9(12(17)18)10(13)6-8/h2-3,6H,4-5,7H2,1H3,(H,17,18).